The summed E-state index contributed by atoms with van der Waals surface area (Å²) in [5, 5.41) is 10.8. The van der Waals surface area contributed by atoms with E-state index in [4.69, 9.17) is 4.42 Å². The fraction of sp³-hybridized carbons (Fsp3) is 0. The smallest absolute Gasteiger partial charge is 0.333 e. The number of nitrogens with zero attached hydrogens (tertiary/aromatic N) is 2. The highest BCUT2D eigenvalue weighted by Crippen LogP contribution is 2.50. The van der Waals surface area contributed by atoms with Gasteiger partial charge in [0.25, 0.3) is 0 Å². The van der Waals surface area contributed by atoms with Crippen LogP contribution in [0.25, 0.3) is 66.0 Å². The van der Waals surface area contributed by atoms with Gasteiger partial charge in [0.15, 0.2) is 13.7 Å². The van der Waals surface area contributed by atoms with E-state index in [-0.39, 0.29) is 6.85 Å². The Kier molecular flexibility index (Phi) is 4.65. The second-order valence-corrected chi connectivity index (χ2v) is 18.7. The lowest BCUT2D eigenvalue weighted by atomic mass is 9.44. The number of anilines is 3. The van der Waals surface area contributed by atoms with Crippen LogP contribution >= 0.6 is 0 Å². The summed E-state index contributed by atoms with van der Waals surface area (Å²) in [5.41, 5.74) is 16.4. The molecule has 4 aliphatic heterocycles. The van der Waals surface area contributed by atoms with Crippen molar-refractivity contribution in [2.24, 2.45) is 0 Å². The number of aromatic nitrogens is 1. The first-order valence-electron chi connectivity index (χ1n) is 18.6. The Balaban J connectivity index is 1.23. The van der Waals surface area contributed by atoms with E-state index in [1.54, 1.807) is 0 Å². The Hall–Kier alpha value is -6.56. The first kappa shape index (κ1) is 27.1. The van der Waals surface area contributed by atoms with Crippen LogP contribution in [-0.2, 0) is 0 Å². The molecule has 0 saturated heterocycles. The van der Waals surface area contributed by atoms with Crippen LogP contribution in [0.15, 0.2) is 168 Å². The molecular weight excluding hydrogens is 659 g/mol. The van der Waals surface area contributed by atoms with Gasteiger partial charge in [-0.15, -0.1) is 0 Å². The van der Waals surface area contributed by atoms with Crippen molar-refractivity contribution in [3.8, 4) is 22.3 Å². The van der Waals surface area contributed by atoms with Gasteiger partial charge < -0.3 is 13.8 Å². The van der Waals surface area contributed by atoms with Crippen LogP contribution < -0.4 is 36.6 Å². The molecule has 0 radical (unpaired) electrons. The molecule has 1 spiro atoms. The number of hydrogen-bond donors (Lipinski definition) is 0. The van der Waals surface area contributed by atoms with Crippen molar-refractivity contribution in [2.45, 2.75) is 0 Å². The van der Waals surface area contributed by atoms with E-state index in [0.29, 0.717) is 0 Å². The van der Waals surface area contributed by atoms with Gasteiger partial charge >= 0.3 is 6.85 Å². The lowest BCUT2D eigenvalue weighted by molar-refractivity contribution is 0.673. The summed E-state index contributed by atoms with van der Waals surface area (Å²) in [6.07, 6.45) is 0. The molecule has 8 aromatic carbocycles. The highest BCUT2D eigenvalue weighted by Gasteiger charge is 2.56. The maximum atomic E-state index is 6.80. The zero-order chi connectivity index (χ0) is 34.2. The molecule has 2 aromatic heterocycles. The zero-order valence-electron chi connectivity index (χ0n) is 28.5. The molecule has 0 N–H and O–H groups in total. The summed E-state index contributed by atoms with van der Waals surface area (Å²) < 4.78 is 9.46. The average Bonchev–Trinajstić information content (AvgIpc) is 3.85. The van der Waals surface area contributed by atoms with E-state index < -0.39 is 8.07 Å². The van der Waals surface area contributed by atoms with Crippen molar-refractivity contribution < 1.29 is 4.42 Å². The molecule has 0 aliphatic carbocycles. The van der Waals surface area contributed by atoms with Gasteiger partial charge in [-0.25, -0.2) is 0 Å². The van der Waals surface area contributed by atoms with Crippen molar-refractivity contribution in [3.63, 3.8) is 0 Å². The first-order chi connectivity index (χ1) is 26.3. The van der Waals surface area contributed by atoms with Gasteiger partial charge in [-0.1, -0.05) is 133 Å². The van der Waals surface area contributed by atoms with Gasteiger partial charge in [-0.3, -0.25) is 0 Å². The van der Waals surface area contributed by atoms with Gasteiger partial charge in [-0.05, 0) is 89.5 Å². The van der Waals surface area contributed by atoms with E-state index >= 15 is 0 Å². The Bertz CT molecular complexity index is 3290. The van der Waals surface area contributed by atoms with Crippen LogP contribution in [0.3, 0.4) is 0 Å². The minimum atomic E-state index is -2.74. The number of hydrogen-bond acceptors (Lipinski definition) is 2. The second-order valence-electron chi connectivity index (χ2n) is 15.1. The molecule has 5 heteroatoms. The number of fused-ring (bicyclic) bond motifs is 20. The highest BCUT2D eigenvalue weighted by atomic mass is 28.3. The van der Waals surface area contributed by atoms with Crippen molar-refractivity contribution in [3.05, 3.63) is 164 Å². The molecule has 4 aliphatic rings. The lowest BCUT2D eigenvalue weighted by Gasteiger charge is -2.49. The summed E-state index contributed by atoms with van der Waals surface area (Å²) in [5.74, 6) is 0. The van der Waals surface area contributed by atoms with Crippen LogP contribution in [0, 0.1) is 0 Å². The Morgan fingerprint density at radius 1 is 0.491 bits per heavy atom. The maximum Gasteiger partial charge on any atom is 0.333 e. The van der Waals surface area contributed by atoms with Crippen LogP contribution in [0.5, 0.6) is 0 Å². The predicted octanol–water partition coefficient (Wildman–Crippen LogP) is 7.78. The fourth-order valence-corrected chi connectivity index (χ4v) is 16.7. The minimum Gasteiger partial charge on any atom is -0.454 e. The molecule has 0 bridgehead atoms. The fourth-order valence-electron chi connectivity index (χ4n) is 11.2. The third-order valence-electron chi connectivity index (χ3n) is 12.9. The molecule has 14 rings (SSSR count). The van der Waals surface area contributed by atoms with Crippen LogP contribution in [0.2, 0.25) is 0 Å². The second kappa shape index (κ2) is 9.08. The highest BCUT2D eigenvalue weighted by molar-refractivity contribution is 7.24. The quantitative estimate of drug-likeness (QED) is 0.152. The zero-order valence-corrected chi connectivity index (χ0v) is 29.5. The average molecular weight is 687 g/mol. The van der Waals surface area contributed by atoms with Crippen LogP contribution in [0.1, 0.15) is 0 Å². The van der Waals surface area contributed by atoms with Gasteiger partial charge in [0.05, 0.1) is 5.52 Å². The molecule has 0 saturated carbocycles. The lowest BCUT2D eigenvalue weighted by Crippen LogP contribution is -2.77. The molecule has 0 atom stereocenters. The van der Waals surface area contributed by atoms with Gasteiger partial charge in [-0.2, -0.15) is 0 Å². The SMILES string of the molecule is c1ccc2c(c1)-c1ccccc1[Si]21c2ccccc2N2c3cc4ccccc4c4c3B(c3cccc1c32)n1c2c-4cccc2c2oc3ccccc3c21. The molecule has 0 fully saturated rings. The number of furan rings is 1. The number of para-hydroxylation sites is 4. The van der Waals surface area contributed by atoms with E-state index in [0.717, 1.165) is 16.6 Å². The first-order valence-corrected chi connectivity index (χ1v) is 20.6. The third kappa shape index (κ3) is 2.88. The van der Waals surface area contributed by atoms with Crippen molar-refractivity contribution in [1.29, 1.82) is 0 Å². The topological polar surface area (TPSA) is 21.3 Å². The maximum absolute atomic E-state index is 6.80. The molecule has 0 unspecified atom stereocenters. The summed E-state index contributed by atoms with van der Waals surface area (Å²) in [7, 11) is -2.74. The van der Waals surface area contributed by atoms with E-state index in [9.17, 15) is 0 Å². The van der Waals surface area contributed by atoms with Crippen molar-refractivity contribution in [2.75, 3.05) is 4.90 Å². The molecule has 0 amide bonds. The molecule has 6 heterocycles. The predicted molar refractivity (Wildman–Crippen MR) is 223 cm³/mol. The van der Waals surface area contributed by atoms with Crippen molar-refractivity contribution in [1.82, 2.24) is 4.48 Å². The van der Waals surface area contributed by atoms with E-state index in [1.165, 1.54) is 98.2 Å². The number of benzene rings is 8. The van der Waals surface area contributed by atoms with Crippen molar-refractivity contribution >= 4 is 107 Å². The molecule has 3 nitrogen and oxygen atoms in total. The minimum absolute atomic E-state index is 0.0464. The van der Waals surface area contributed by atoms with Crippen LogP contribution in [0.4, 0.5) is 17.1 Å². The summed E-state index contributed by atoms with van der Waals surface area (Å²) in [6.45, 7) is -0.0464. The van der Waals surface area contributed by atoms with Gasteiger partial charge in [0.2, 0.25) is 0 Å². The van der Waals surface area contributed by atoms with Gasteiger partial charge in [0.1, 0.15) is 5.58 Å². The standard InChI is InChI=1S/C48H27BN2OSi/c1-2-14-29-28(13-1)27-37-44-43(29)33-18-11-19-34-45(33)51(46-32-17-3-7-22-38(32)52-48(34)46)49(44)35-20-12-26-42-47(35)50(37)36-21-6-10-25-41(36)53(42)39-23-8-4-15-30(39)31-16-5-9-24-40(31)53/h1-27H. The summed E-state index contributed by atoms with van der Waals surface area (Å²) in [6, 6.07) is 62.0. The van der Waals surface area contributed by atoms with Crippen LogP contribution in [-0.4, -0.2) is 19.4 Å². The summed E-state index contributed by atoms with van der Waals surface area (Å²) in [4.78, 5) is 2.66. The Labute approximate surface area is 306 Å². The molecule has 53 heavy (non-hydrogen) atoms. The monoisotopic (exact) mass is 686 g/mol. The van der Waals surface area contributed by atoms with E-state index in [2.05, 4.69) is 173 Å². The normalized spacial score (nSPS) is 14.9. The number of rotatable bonds is 0. The summed E-state index contributed by atoms with van der Waals surface area (Å²) >= 11 is 0. The molecular formula is C48H27BN2OSi. The largest absolute Gasteiger partial charge is 0.454 e. The Morgan fingerprint density at radius 3 is 1.98 bits per heavy atom. The third-order valence-corrected chi connectivity index (χ3v) is 17.9. The Morgan fingerprint density at radius 2 is 1.13 bits per heavy atom. The van der Waals surface area contributed by atoms with E-state index in [1.807, 2.05) is 0 Å². The van der Waals surface area contributed by atoms with Gasteiger partial charge in [0, 0.05) is 38.9 Å². The molecule has 242 valence electrons. The molecule has 10 aromatic rings.